The summed E-state index contributed by atoms with van der Waals surface area (Å²) in [7, 11) is -4.44. The van der Waals surface area contributed by atoms with Crippen molar-refractivity contribution in [2.75, 3.05) is 0 Å². The second-order valence-corrected chi connectivity index (χ2v) is 10.3. The van der Waals surface area contributed by atoms with Gasteiger partial charge in [0.25, 0.3) is 0 Å². The number of alkyl halides is 3. The van der Waals surface area contributed by atoms with E-state index in [1.165, 1.54) is 12.1 Å². The van der Waals surface area contributed by atoms with E-state index >= 15 is 0 Å². The molecule has 5 nitrogen and oxygen atoms in total. The second kappa shape index (κ2) is 10.8. The van der Waals surface area contributed by atoms with E-state index in [4.69, 9.17) is 4.18 Å². The fourth-order valence-electron chi connectivity index (χ4n) is 4.11. The summed E-state index contributed by atoms with van der Waals surface area (Å²) in [6, 6.07) is 9.71. The Morgan fingerprint density at radius 1 is 1.09 bits per heavy atom. The van der Waals surface area contributed by atoms with Gasteiger partial charge in [-0.15, -0.1) is 0 Å². The van der Waals surface area contributed by atoms with E-state index in [-0.39, 0.29) is 23.6 Å². The Morgan fingerprint density at radius 3 is 2.32 bits per heavy atom. The van der Waals surface area contributed by atoms with Crippen LogP contribution in [0, 0.1) is 5.92 Å². The van der Waals surface area contributed by atoms with Crippen LogP contribution in [0.25, 0.3) is 0 Å². The van der Waals surface area contributed by atoms with Crippen molar-refractivity contribution in [1.29, 1.82) is 0 Å². The predicted octanol–water partition coefficient (Wildman–Crippen LogP) is 6.18. The highest BCUT2D eigenvalue weighted by molar-refractivity contribution is 7.87. The van der Waals surface area contributed by atoms with Crippen molar-refractivity contribution in [3.63, 3.8) is 0 Å². The van der Waals surface area contributed by atoms with Gasteiger partial charge in [0.15, 0.2) is 0 Å². The van der Waals surface area contributed by atoms with Gasteiger partial charge in [-0.25, -0.2) is 0 Å². The average molecular weight is 498 g/mol. The second-order valence-electron chi connectivity index (χ2n) is 8.77. The zero-order chi connectivity index (χ0) is 24.9. The van der Waals surface area contributed by atoms with Crippen molar-refractivity contribution < 1.29 is 30.6 Å². The Morgan fingerprint density at radius 2 is 1.74 bits per heavy atom. The Labute approximate surface area is 199 Å². The molecule has 9 heteroatoms. The molecule has 186 valence electrons. The monoisotopic (exact) mass is 497 g/mol. The van der Waals surface area contributed by atoms with E-state index in [2.05, 4.69) is 0 Å². The maximum absolute atomic E-state index is 13.2. The Kier molecular flexibility index (Phi) is 8.28. The average Bonchev–Trinajstić information content (AvgIpc) is 2.82. The van der Waals surface area contributed by atoms with E-state index in [0.29, 0.717) is 12.6 Å². The summed E-state index contributed by atoms with van der Waals surface area (Å²) in [5.74, 6) is 0.180. The molecule has 1 saturated carbocycles. The molecule has 1 fully saturated rings. The quantitative estimate of drug-likeness (QED) is 0.409. The molecule has 1 aliphatic carbocycles. The van der Waals surface area contributed by atoms with Crippen LogP contribution in [0.4, 0.5) is 13.2 Å². The molecule has 2 aromatic carbocycles. The first-order valence-electron chi connectivity index (χ1n) is 11.5. The Balaban J connectivity index is 1.73. The molecule has 0 heterocycles. The molecule has 1 amide bonds. The van der Waals surface area contributed by atoms with Gasteiger partial charge in [-0.1, -0.05) is 44.4 Å². The first-order chi connectivity index (χ1) is 16.0. The highest BCUT2D eigenvalue weighted by Crippen LogP contribution is 2.31. The molecule has 0 bridgehead atoms. The first kappa shape index (κ1) is 26.1. The third-order valence-corrected chi connectivity index (χ3v) is 7.54. The normalized spacial score (nSPS) is 16.1. The minimum absolute atomic E-state index is 0.0186. The highest BCUT2D eigenvalue weighted by atomic mass is 32.2. The predicted molar refractivity (Wildman–Crippen MR) is 123 cm³/mol. The van der Waals surface area contributed by atoms with E-state index in [1.807, 2.05) is 18.7 Å². The lowest BCUT2D eigenvalue weighted by atomic mass is 9.87. The third-order valence-electron chi connectivity index (χ3n) is 6.29. The molecule has 0 aromatic heterocycles. The largest absolute Gasteiger partial charge is 0.416 e. The number of hydrogen-bond donors (Lipinski definition) is 0. The van der Waals surface area contributed by atoms with Gasteiger partial charge in [0, 0.05) is 18.5 Å². The summed E-state index contributed by atoms with van der Waals surface area (Å²) >= 11 is 0. The molecule has 2 aromatic rings. The molecule has 0 radical (unpaired) electrons. The SMILES string of the molecule is CCC(C)N(Cc1ccc(OS(=O)(=O)c2cccc(C(F)(F)F)c2)cc1)C(=O)C1CCCCC1. The van der Waals surface area contributed by atoms with Crippen molar-refractivity contribution in [3.8, 4) is 5.75 Å². The summed E-state index contributed by atoms with van der Waals surface area (Å²) in [4.78, 5) is 14.5. The fourth-order valence-corrected chi connectivity index (χ4v) is 5.08. The number of carbonyl (C=O) groups is 1. The number of nitrogens with zero attached hydrogens (tertiary/aromatic N) is 1. The van der Waals surface area contributed by atoms with Gasteiger partial charge in [-0.2, -0.15) is 21.6 Å². The molecule has 3 rings (SSSR count). The van der Waals surface area contributed by atoms with Crippen molar-refractivity contribution in [1.82, 2.24) is 4.90 Å². The van der Waals surface area contributed by atoms with E-state index in [0.717, 1.165) is 62.3 Å². The first-order valence-corrected chi connectivity index (χ1v) is 12.9. The van der Waals surface area contributed by atoms with Crippen LogP contribution >= 0.6 is 0 Å². The lowest BCUT2D eigenvalue weighted by molar-refractivity contribution is -0.139. The standard InChI is InChI=1S/C25H30F3NO4S/c1-3-18(2)29(24(30)20-8-5-4-6-9-20)17-19-12-14-22(15-13-19)33-34(31,32)23-11-7-10-21(16-23)25(26,27)28/h7,10-16,18,20H,3-6,8-9,17H2,1-2H3. The van der Waals surface area contributed by atoms with Gasteiger partial charge in [-0.05, 0) is 62.1 Å². The van der Waals surface area contributed by atoms with Gasteiger partial charge in [0.1, 0.15) is 10.6 Å². The fraction of sp³-hybridized carbons (Fsp3) is 0.480. The number of benzene rings is 2. The highest BCUT2D eigenvalue weighted by Gasteiger charge is 2.32. The summed E-state index contributed by atoms with van der Waals surface area (Å²) in [5.41, 5.74) is -0.256. The van der Waals surface area contributed by atoms with Crippen LogP contribution in [-0.4, -0.2) is 25.3 Å². The molecule has 0 saturated heterocycles. The maximum Gasteiger partial charge on any atom is 0.416 e. The Bertz CT molecular complexity index is 1080. The topological polar surface area (TPSA) is 63.7 Å². The zero-order valence-corrected chi connectivity index (χ0v) is 20.2. The summed E-state index contributed by atoms with van der Waals surface area (Å²) < 4.78 is 68.8. The van der Waals surface area contributed by atoms with Crippen molar-refractivity contribution >= 4 is 16.0 Å². The number of rotatable bonds is 8. The van der Waals surface area contributed by atoms with E-state index in [9.17, 15) is 26.4 Å². The molecule has 0 aliphatic heterocycles. The van der Waals surface area contributed by atoms with Crippen LogP contribution in [0.2, 0.25) is 0 Å². The molecule has 0 N–H and O–H groups in total. The van der Waals surface area contributed by atoms with Crippen molar-refractivity contribution in [3.05, 3.63) is 59.7 Å². The number of halogens is 3. The molecule has 1 aliphatic rings. The van der Waals surface area contributed by atoms with Crippen LogP contribution in [0.1, 0.15) is 63.5 Å². The molecular formula is C25H30F3NO4S. The molecule has 1 atom stereocenters. The van der Waals surface area contributed by atoms with Crippen LogP contribution in [0.3, 0.4) is 0 Å². The number of amides is 1. The summed E-state index contributed by atoms with van der Waals surface area (Å²) in [6.45, 7) is 4.44. The summed E-state index contributed by atoms with van der Waals surface area (Å²) in [6.07, 6.45) is 1.27. The Hall–Kier alpha value is -2.55. The van der Waals surface area contributed by atoms with Crippen molar-refractivity contribution in [2.24, 2.45) is 5.92 Å². The summed E-state index contributed by atoms with van der Waals surface area (Å²) in [5, 5.41) is 0. The maximum atomic E-state index is 13.2. The van der Waals surface area contributed by atoms with Crippen molar-refractivity contribution in [2.45, 2.75) is 76.0 Å². The van der Waals surface area contributed by atoms with Gasteiger partial charge in [-0.3, -0.25) is 4.79 Å². The van der Waals surface area contributed by atoms with Crippen LogP contribution < -0.4 is 4.18 Å². The molecule has 0 spiro atoms. The minimum Gasteiger partial charge on any atom is -0.379 e. The van der Waals surface area contributed by atoms with Gasteiger partial charge in [0.05, 0.1) is 5.56 Å². The van der Waals surface area contributed by atoms with Crippen LogP contribution in [-0.2, 0) is 27.6 Å². The molecule has 1 unspecified atom stereocenters. The lowest BCUT2D eigenvalue weighted by Gasteiger charge is -2.33. The van der Waals surface area contributed by atoms with E-state index < -0.39 is 26.8 Å². The lowest BCUT2D eigenvalue weighted by Crippen LogP contribution is -2.42. The third kappa shape index (κ3) is 6.52. The smallest absolute Gasteiger partial charge is 0.379 e. The van der Waals surface area contributed by atoms with E-state index in [1.54, 1.807) is 12.1 Å². The number of hydrogen-bond acceptors (Lipinski definition) is 4. The number of carbonyl (C=O) groups excluding carboxylic acids is 1. The van der Waals surface area contributed by atoms with Gasteiger partial charge < -0.3 is 9.08 Å². The minimum atomic E-state index is -4.66. The van der Waals surface area contributed by atoms with Crippen LogP contribution in [0.15, 0.2) is 53.4 Å². The molecule has 34 heavy (non-hydrogen) atoms. The van der Waals surface area contributed by atoms with Gasteiger partial charge in [0.2, 0.25) is 5.91 Å². The van der Waals surface area contributed by atoms with Crippen LogP contribution in [0.5, 0.6) is 5.75 Å². The zero-order valence-electron chi connectivity index (χ0n) is 19.3. The molecular weight excluding hydrogens is 467 g/mol. The van der Waals surface area contributed by atoms with Gasteiger partial charge >= 0.3 is 16.3 Å².